The summed E-state index contributed by atoms with van der Waals surface area (Å²) in [5, 5.41) is 0. The van der Waals surface area contributed by atoms with E-state index in [1.807, 2.05) is 6.92 Å². The van der Waals surface area contributed by atoms with E-state index < -0.39 is 11.7 Å². The number of Topliss-reactive ketones (excluding diaryl/α,β-unsaturated/α-hetero) is 1. The zero-order chi connectivity index (χ0) is 14.5. The first kappa shape index (κ1) is 15.9. The van der Waals surface area contributed by atoms with E-state index >= 15 is 0 Å². The average Bonchev–Trinajstić information content (AvgIpc) is 2.64. The molecule has 1 saturated heterocycles. The predicted molar refractivity (Wildman–Crippen MR) is 68.8 cm³/mol. The van der Waals surface area contributed by atoms with Gasteiger partial charge in [0.25, 0.3) is 0 Å². The molecule has 0 spiro atoms. The normalized spacial score (nSPS) is 19.9. The maximum atomic E-state index is 12.0. The lowest BCUT2D eigenvalue weighted by Gasteiger charge is -2.27. The van der Waals surface area contributed by atoms with Crippen LogP contribution in [0.25, 0.3) is 0 Å². The minimum atomic E-state index is -0.570. The van der Waals surface area contributed by atoms with Crippen molar-refractivity contribution in [1.29, 1.82) is 0 Å². The van der Waals surface area contributed by atoms with E-state index in [2.05, 4.69) is 0 Å². The number of nitrogens with zero attached hydrogens (tertiary/aromatic N) is 1. The highest BCUT2D eigenvalue weighted by molar-refractivity contribution is 5.88. The second-order valence-electron chi connectivity index (χ2n) is 5.49. The van der Waals surface area contributed by atoms with Gasteiger partial charge in [-0.1, -0.05) is 0 Å². The van der Waals surface area contributed by atoms with Crippen molar-refractivity contribution in [3.05, 3.63) is 0 Å². The molecule has 0 aliphatic carbocycles. The van der Waals surface area contributed by atoms with Crippen LogP contribution in [0.5, 0.6) is 0 Å². The molecule has 1 aliphatic heterocycles. The second-order valence-corrected chi connectivity index (χ2v) is 5.49. The molecule has 0 radical (unpaired) electrons. The molecule has 1 rings (SSSR count). The zero-order valence-corrected chi connectivity index (χ0v) is 12.1. The van der Waals surface area contributed by atoms with Crippen LogP contribution in [-0.2, 0) is 19.0 Å². The molecule has 0 N–H and O–H groups in total. The third-order valence-electron chi connectivity index (χ3n) is 2.56. The van der Waals surface area contributed by atoms with Gasteiger partial charge in [0.2, 0.25) is 0 Å². The molecule has 1 amide bonds. The van der Waals surface area contributed by atoms with Crippen LogP contribution in [0.2, 0.25) is 0 Å². The number of ketones is 1. The maximum absolute atomic E-state index is 12.0. The number of ether oxygens (including phenoxy) is 3. The van der Waals surface area contributed by atoms with Crippen LogP contribution in [0.4, 0.5) is 4.79 Å². The van der Waals surface area contributed by atoms with E-state index in [9.17, 15) is 9.59 Å². The quantitative estimate of drug-likeness (QED) is 0.562. The van der Waals surface area contributed by atoms with Crippen molar-refractivity contribution in [3.63, 3.8) is 0 Å². The van der Waals surface area contributed by atoms with E-state index in [0.29, 0.717) is 13.0 Å². The molecular formula is C13H23NO5. The summed E-state index contributed by atoms with van der Waals surface area (Å²) in [6.07, 6.45) is -0.158. The summed E-state index contributed by atoms with van der Waals surface area (Å²) in [7, 11) is 0. The van der Waals surface area contributed by atoms with Crippen molar-refractivity contribution in [2.45, 2.75) is 45.8 Å². The minimum Gasteiger partial charge on any atom is -0.444 e. The highest BCUT2D eigenvalue weighted by atomic mass is 16.7. The molecular weight excluding hydrogens is 250 g/mol. The first-order chi connectivity index (χ1) is 8.83. The third kappa shape index (κ3) is 5.57. The number of hydrogen-bond acceptors (Lipinski definition) is 5. The first-order valence-corrected chi connectivity index (χ1v) is 6.50. The van der Waals surface area contributed by atoms with E-state index in [-0.39, 0.29) is 31.8 Å². The smallest absolute Gasteiger partial charge is 0.411 e. The molecule has 0 aromatic carbocycles. The Morgan fingerprint density at radius 3 is 2.63 bits per heavy atom. The van der Waals surface area contributed by atoms with Crippen LogP contribution in [0, 0.1) is 0 Å². The summed E-state index contributed by atoms with van der Waals surface area (Å²) in [4.78, 5) is 24.9. The van der Waals surface area contributed by atoms with Crippen LogP contribution < -0.4 is 0 Å². The molecule has 1 fully saturated rings. The van der Waals surface area contributed by atoms with E-state index in [0.717, 1.165) is 0 Å². The van der Waals surface area contributed by atoms with Gasteiger partial charge in [0.05, 0.1) is 19.2 Å². The summed E-state index contributed by atoms with van der Waals surface area (Å²) < 4.78 is 15.6. The number of carbonyl (C=O) groups excluding carboxylic acids is 2. The zero-order valence-electron chi connectivity index (χ0n) is 12.1. The van der Waals surface area contributed by atoms with Gasteiger partial charge >= 0.3 is 6.09 Å². The molecule has 6 nitrogen and oxygen atoms in total. The van der Waals surface area contributed by atoms with Gasteiger partial charge in [0, 0.05) is 13.0 Å². The van der Waals surface area contributed by atoms with Crippen molar-refractivity contribution < 1.29 is 23.8 Å². The van der Waals surface area contributed by atoms with E-state index in [4.69, 9.17) is 14.2 Å². The minimum absolute atomic E-state index is 0.0240. The summed E-state index contributed by atoms with van der Waals surface area (Å²) >= 11 is 0. The number of amides is 1. The Morgan fingerprint density at radius 1 is 1.37 bits per heavy atom. The first-order valence-electron chi connectivity index (χ1n) is 6.50. The molecule has 110 valence electrons. The molecule has 6 heteroatoms. The Balaban J connectivity index is 2.49. The fourth-order valence-corrected chi connectivity index (χ4v) is 1.77. The Bertz CT molecular complexity index is 323. The number of likely N-dealkylation sites (tertiary alicyclic amines) is 1. The standard InChI is InChI=1S/C13H23NO5/c1-5-17-9-18-8-10-6-11(15)7-14(10)12(16)19-13(2,3)4/h10H,5-9H2,1-4H3/t10-/m0/s1. The van der Waals surface area contributed by atoms with Crippen molar-refractivity contribution in [3.8, 4) is 0 Å². The van der Waals surface area contributed by atoms with Crippen molar-refractivity contribution in [1.82, 2.24) is 4.90 Å². The summed E-state index contributed by atoms with van der Waals surface area (Å²) in [5.74, 6) is 0.0240. The molecule has 0 aromatic rings. The molecule has 0 unspecified atom stereocenters. The molecule has 0 saturated carbocycles. The highest BCUT2D eigenvalue weighted by Gasteiger charge is 2.36. The summed E-state index contributed by atoms with van der Waals surface area (Å²) in [6, 6.07) is -0.261. The monoisotopic (exact) mass is 273 g/mol. The maximum Gasteiger partial charge on any atom is 0.411 e. The summed E-state index contributed by atoms with van der Waals surface area (Å²) in [6.45, 7) is 8.37. The van der Waals surface area contributed by atoms with Gasteiger partial charge in [0.15, 0.2) is 5.78 Å². The predicted octanol–water partition coefficient (Wildman–Crippen LogP) is 1.58. The highest BCUT2D eigenvalue weighted by Crippen LogP contribution is 2.19. The van der Waals surface area contributed by atoms with Crippen molar-refractivity contribution >= 4 is 11.9 Å². The topological polar surface area (TPSA) is 65.1 Å². The van der Waals surface area contributed by atoms with Gasteiger partial charge in [-0.15, -0.1) is 0 Å². The van der Waals surface area contributed by atoms with Gasteiger partial charge in [-0.2, -0.15) is 0 Å². The van der Waals surface area contributed by atoms with Crippen molar-refractivity contribution in [2.75, 3.05) is 26.6 Å². The molecule has 19 heavy (non-hydrogen) atoms. The fourth-order valence-electron chi connectivity index (χ4n) is 1.77. The van der Waals surface area contributed by atoms with Crippen LogP contribution in [0.1, 0.15) is 34.1 Å². The van der Waals surface area contributed by atoms with E-state index in [1.165, 1.54) is 4.90 Å². The molecule has 0 aromatic heterocycles. The lowest BCUT2D eigenvalue weighted by molar-refractivity contribution is -0.117. The number of rotatable bonds is 5. The Kier molecular flexibility index (Phi) is 5.75. The third-order valence-corrected chi connectivity index (χ3v) is 2.56. The number of hydrogen-bond donors (Lipinski definition) is 0. The van der Waals surface area contributed by atoms with Crippen LogP contribution in [-0.4, -0.2) is 55.0 Å². The van der Waals surface area contributed by atoms with Crippen molar-refractivity contribution in [2.24, 2.45) is 0 Å². The molecule has 0 bridgehead atoms. The lowest BCUT2D eigenvalue weighted by atomic mass is 10.2. The van der Waals surface area contributed by atoms with E-state index in [1.54, 1.807) is 20.8 Å². The molecule has 1 atom stereocenters. The van der Waals surface area contributed by atoms with Crippen LogP contribution >= 0.6 is 0 Å². The molecule has 1 aliphatic rings. The van der Waals surface area contributed by atoms with Gasteiger partial charge in [-0.05, 0) is 27.7 Å². The average molecular weight is 273 g/mol. The second kappa shape index (κ2) is 6.86. The Hall–Kier alpha value is -1.14. The largest absolute Gasteiger partial charge is 0.444 e. The van der Waals surface area contributed by atoms with Gasteiger partial charge in [-0.25, -0.2) is 4.79 Å². The Morgan fingerprint density at radius 2 is 2.05 bits per heavy atom. The van der Waals surface area contributed by atoms with Gasteiger partial charge in [-0.3, -0.25) is 9.69 Å². The number of carbonyl (C=O) groups is 2. The van der Waals surface area contributed by atoms with Gasteiger partial charge < -0.3 is 14.2 Å². The van der Waals surface area contributed by atoms with Crippen LogP contribution in [0.3, 0.4) is 0 Å². The summed E-state index contributed by atoms with van der Waals surface area (Å²) in [5.41, 5.74) is -0.570. The Labute approximate surface area is 114 Å². The lowest BCUT2D eigenvalue weighted by Crippen LogP contribution is -2.42. The fraction of sp³-hybridized carbons (Fsp3) is 0.846. The van der Waals surface area contributed by atoms with Crippen LogP contribution in [0.15, 0.2) is 0 Å². The van der Waals surface area contributed by atoms with Gasteiger partial charge in [0.1, 0.15) is 12.4 Å². The molecule has 1 heterocycles. The SMILES string of the molecule is CCOCOC[C@@H]1CC(=O)CN1C(=O)OC(C)(C)C.